The Hall–Kier alpha value is -2.07. The van der Waals surface area contributed by atoms with Crippen LogP contribution in [-0.2, 0) is 0 Å². The molecule has 0 spiro atoms. The van der Waals surface area contributed by atoms with E-state index in [0.717, 1.165) is 42.4 Å². The van der Waals surface area contributed by atoms with Crippen LogP contribution >= 0.6 is 0 Å². The molecule has 1 aliphatic heterocycles. The average Bonchev–Trinajstić information content (AvgIpc) is 2.69. The first kappa shape index (κ1) is 12.9. The molecule has 0 aliphatic carbocycles. The predicted molar refractivity (Wildman–Crippen MR) is 80.4 cm³/mol. The number of para-hydroxylation sites is 2. The van der Waals surface area contributed by atoms with Gasteiger partial charge in [0, 0.05) is 12.6 Å². The second-order valence-corrected chi connectivity index (χ2v) is 5.05. The summed E-state index contributed by atoms with van der Waals surface area (Å²) in [6.07, 6.45) is 2.88. The van der Waals surface area contributed by atoms with Crippen LogP contribution in [0, 0.1) is 0 Å². The van der Waals surface area contributed by atoms with Crippen molar-refractivity contribution in [1.82, 2.24) is 4.98 Å². The highest BCUT2D eigenvalue weighted by molar-refractivity contribution is 5.69. The minimum atomic E-state index is -0.0381. The maximum absolute atomic E-state index is 5.85. The van der Waals surface area contributed by atoms with Gasteiger partial charge in [-0.2, -0.15) is 0 Å². The second kappa shape index (κ2) is 5.51. The summed E-state index contributed by atoms with van der Waals surface area (Å²) in [4.78, 5) is 6.70. The highest BCUT2D eigenvalue weighted by atomic mass is 16.5. The molecule has 1 aromatic carbocycles. The van der Waals surface area contributed by atoms with Crippen molar-refractivity contribution in [2.45, 2.75) is 19.4 Å². The number of ether oxygens (including phenoxy) is 1. The molecule has 1 atom stereocenters. The number of nitrogens with zero attached hydrogens (tertiary/aromatic N) is 2. The molecule has 104 valence electrons. The number of hydrogen-bond acceptors (Lipinski definition) is 4. The largest absolute Gasteiger partial charge is 0.491 e. The fourth-order valence-electron chi connectivity index (χ4n) is 2.42. The molecule has 0 unspecified atom stereocenters. The van der Waals surface area contributed by atoms with Crippen molar-refractivity contribution < 1.29 is 4.74 Å². The van der Waals surface area contributed by atoms with E-state index in [1.54, 1.807) is 0 Å². The molecule has 0 amide bonds. The van der Waals surface area contributed by atoms with Gasteiger partial charge in [-0.3, -0.25) is 4.98 Å². The van der Waals surface area contributed by atoms with Crippen LogP contribution in [0.2, 0.25) is 0 Å². The van der Waals surface area contributed by atoms with Crippen LogP contribution in [0.3, 0.4) is 0 Å². The molecule has 2 N–H and O–H groups in total. The number of pyridine rings is 1. The maximum Gasteiger partial charge on any atom is 0.142 e. The quantitative estimate of drug-likeness (QED) is 0.910. The highest BCUT2D eigenvalue weighted by Crippen LogP contribution is 2.35. The molecule has 0 bridgehead atoms. The Kier molecular flexibility index (Phi) is 3.56. The Labute approximate surface area is 119 Å². The summed E-state index contributed by atoms with van der Waals surface area (Å²) >= 11 is 0. The third kappa shape index (κ3) is 2.47. The van der Waals surface area contributed by atoms with Gasteiger partial charge in [0.05, 0.1) is 29.9 Å². The molecule has 1 aromatic heterocycles. The zero-order valence-electron chi connectivity index (χ0n) is 11.6. The number of hydrogen-bond donors (Lipinski definition) is 1. The molecule has 4 nitrogen and oxygen atoms in total. The first-order valence-corrected chi connectivity index (χ1v) is 6.96. The van der Waals surface area contributed by atoms with E-state index in [-0.39, 0.29) is 6.04 Å². The van der Waals surface area contributed by atoms with Crippen molar-refractivity contribution >= 4 is 11.4 Å². The molecule has 0 saturated heterocycles. The van der Waals surface area contributed by atoms with Gasteiger partial charge < -0.3 is 15.4 Å². The predicted octanol–water partition coefficient (Wildman–Crippen LogP) is 3.02. The number of anilines is 2. The minimum absolute atomic E-state index is 0.0381. The van der Waals surface area contributed by atoms with Gasteiger partial charge in [0.1, 0.15) is 5.75 Å². The van der Waals surface area contributed by atoms with Gasteiger partial charge >= 0.3 is 0 Å². The molecule has 1 aliphatic rings. The van der Waals surface area contributed by atoms with E-state index in [9.17, 15) is 0 Å². The van der Waals surface area contributed by atoms with E-state index < -0.39 is 0 Å². The van der Waals surface area contributed by atoms with Gasteiger partial charge in [-0.25, -0.2) is 0 Å². The van der Waals surface area contributed by atoms with Gasteiger partial charge in [-0.1, -0.05) is 12.1 Å². The number of benzene rings is 1. The highest BCUT2D eigenvalue weighted by Gasteiger charge is 2.17. The lowest BCUT2D eigenvalue weighted by Gasteiger charge is -2.23. The third-order valence-corrected chi connectivity index (χ3v) is 3.49. The fourth-order valence-corrected chi connectivity index (χ4v) is 2.42. The van der Waals surface area contributed by atoms with Crippen LogP contribution in [0.25, 0.3) is 0 Å². The van der Waals surface area contributed by atoms with Crippen LogP contribution in [0.15, 0.2) is 42.6 Å². The van der Waals surface area contributed by atoms with Crippen LogP contribution in [0.4, 0.5) is 11.4 Å². The van der Waals surface area contributed by atoms with Gasteiger partial charge in [-0.05, 0) is 37.6 Å². The van der Waals surface area contributed by atoms with Crippen LogP contribution < -0.4 is 15.4 Å². The van der Waals surface area contributed by atoms with Crippen LogP contribution in [0.5, 0.6) is 5.75 Å². The zero-order chi connectivity index (χ0) is 13.9. The maximum atomic E-state index is 5.85. The first-order chi connectivity index (χ1) is 9.75. The smallest absolute Gasteiger partial charge is 0.142 e. The summed E-state index contributed by atoms with van der Waals surface area (Å²) in [6, 6.07) is 12.2. The summed E-state index contributed by atoms with van der Waals surface area (Å²) in [5.41, 5.74) is 8.93. The summed E-state index contributed by atoms with van der Waals surface area (Å²) in [5.74, 6) is 0.932. The fraction of sp³-hybridized carbons (Fsp3) is 0.312. The molecule has 2 heterocycles. The van der Waals surface area contributed by atoms with E-state index in [4.69, 9.17) is 10.5 Å². The lowest BCUT2D eigenvalue weighted by atomic mass is 10.2. The lowest BCUT2D eigenvalue weighted by molar-refractivity contribution is 0.322. The summed E-state index contributed by atoms with van der Waals surface area (Å²) < 4.78 is 5.78. The molecule has 20 heavy (non-hydrogen) atoms. The summed E-state index contributed by atoms with van der Waals surface area (Å²) in [7, 11) is 0. The van der Waals surface area contributed by atoms with E-state index >= 15 is 0 Å². The van der Waals surface area contributed by atoms with Crippen molar-refractivity contribution in [3.63, 3.8) is 0 Å². The Bertz CT molecular complexity index is 581. The van der Waals surface area contributed by atoms with E-state index in [1.807, 2.05) is 37.4 Å². The van der Waals surface area contributed by atoms with Gasteiger partial charge in [0.15, 0.2) is 0 Å². The minimum Gasteiger partial charge on any atom is -0.491 e. The van der Waals surface area contributed by atoms with Crippen molar-refractivity contribution in [3.05, 3.63) is 48.3 Å². The van der Waals surface area contributed by atoms with Crippen molar-refractivity contribution in [2.24, 2.45) is 5.73 Å². The van der Waals surface area contributed by atoms with Gasteiger partial charge in [0.25, 0.3) is 0 Å². The molecule has 3 rings (SSSR count). The Balaban J connectivity index is 1.97. The van der Waals surface area contributed by atoms with Crippen molar-refractivity contribution in [3.8, 4) is 5.75 Å². The van der Waals surface area contributed by atoms with E-state index in [2.05, 4.69) is 22.0 Å². The van der Waals surface area contributed by atoms with Gasteiger partial charge in [-0.15, -0.1) is 0 Å². The number of nitrogens with two attached hydrogens (primary N) is 1. The normalized spacial score (nSPS) is 16.0. The number of rotatable bonds is 2. The summed E-state index contributed by atoms with van der Waals surface area (Å²) in [6.45, 7) is 3.62. The Morgan fingerprint density at radius 3 is 2.85 bits per heavy atom. The van der Waals surface area contributed by atoms with Crippen LogP contribution in [-0.4, -0.2) is 18.1 Å². The first-order valence-electron chi connectivity index (χ1n) is 6.96. The molecule has 0 saturated carbocycles. The molecular weight excluding hydrogens is 250 g/mol. The van der Waals surface area contributed by atoms with E-state index in [1.165, 1.54) is 0 Å². The Morgan fingerprint density at radius 1 is 1.25 bits per heavy atom. The molecule has 4 heteroatoms. The monoisotopic (exact) mass is 269 g/mol. The Morgan fingerprint density at radius 2 is 2.10 bits per heavy atom. The number of aromatic nitrogens is 1. The summed E-state index contributed by atoms with van der Waals surface area (Å²) in [5, 5.41) is 0. The molecule has 2 aromatic rings. The molecular formula is C16H19N3O. The molecule has 0 fully saturated rings. The van der Waals surface area contributed by atoms with Crippen LogP contribution in [0.1, 0.15) is 25.1 Å². The topological polar surface area (TPSA) is 51.4 Å². The van der Waals surface area contributed by atoms with Gasteiger partial charge in [0.2, 0.25) is 0 Å². The van der Waals surface area contributed by atoms with E-state index in [0.29, 0.717) is 0 Å². The average molecular weight is 269 g/mol. The molecule has 0 radical (unpaired) electrons. The SMILES string of the molecule is C[C@@H](N)c1ccc(N2CCCOc3ccccc32)cn1. The van der Waals surface area contributed by atoms with Crippen molar-refractivity contribution in [2.75, 3.05) is 18.1 Å². The zero-order valence-corrected chi connectivity index (χ0v) is 11.6. The standard InChI is InChI=1S/C16H19N3O/c1-12(17)14-8-7-13(11-18-14)19-9-4-10-20-16-6-3-2-5-15(16)19/h2-3,5-8,11-12H,4,9-10,17H2,1H3/t12-/m1/s1. The lowest BCUT2D eigenvalue weighted by Crippen LogP contribution is -2.18. The third-order valence-electron chi connectivity index (χ3n) is 3.49. The van der Waals surface area contributed by atoms with Crippen molar-refractivity contribution in [1.29, 1.82) is 0 Å². The second-order valence-electron chi connectivity index (χ2n) is 5.05. The number of fused-ring (bicyclic) bond motifs is 1.